The summed E-state index contributed by atoms with van der Waals surface area (Å²) < 4.78 is 5.36. The molecule has 0 radical (unpaired) electrons. The number of rotatable bonds is 6. The van der Waals surface area contributed by atoms with E-state index in [4.69, 9.17) is 4.74 Å². The van der Waals surface area contributed by atoms with Crippen molar-refractivity contribution in [3.05, 3.63) is 36.0 Å². The van der Waals surface area contributed by atoms with Gasteiger partial charge in [0.25, 0.3) is 0 Å². The quantitative estimate of drug-likeness (QED) is 0.793. The predicted molar refractivity (Wildman–Crippen MR) is 94.2 cm³/mol. The van der Waals surface area contributed by atoms with Crippen molar-refractivity contribution in [1.29, 1.82) is 0 Å². The maximum atomic E-state index is 9.99. The smallest absolute Gasteiger partial charge is 0.165 e. The highest BCUT2D eigenvalue weighted by Gasteiger charge is 2.10. The summed E-state index contributed by atoms with van der Waals surface area (Å²) in [5, 5.41) is 13.4. The molecule has 0 amide bonds. The van der Waals surface area contributed by atoms with Crippen LogP contribution in [0.25, 0.3) is 11.4 Å². The Hall–Kier alpha value is -2.18. The minimum atomic E-state index is 0.196. The van der Waals surface area contributed by atoms with Crippen molar-refractivity contribution in [3.8, 4) is 17.1 Å². The molecule has 1 saturated heterocycles. The third-order valence-electron chi connectivity index (χ3n) is 4.06. The molecule has 2 N–H and O–H groups in total. The number of ether oxygens (including phenoxy) is 1. The van der Waals surface area contributed by atoms with E-state index in [1.54, 1.807) is 12.1 Å². The first-order valence-electron chi connectivity index (χ1n) is 8.40. The summed E-state index contributed by atoms with van der Waals surface area (Å²) in [7, 11) is 0. The highest BCUT2D eigenvalue weighted by atomic mass is 16.5. The zero-order chi connectivity index (χ0) is 16.8. The van der Waals surface area contributed by atoms with Gasteiger partial charge in [0.1, 0.15) is 11.6 Å². The van der Waals surface area contributed by atoms with Gasteiger partial charge in [-0.05, 0) is 32.0 Å². The van der Waals surface area contributed by atoms with Crippen molar-refractivity contribution in [2.45, 2.75) is 13.3 Å². The summed E-state index contributed by atoms with van der Waals surface area (Å²) >= 11 is 0. The Labute approximate surface area is 142 Å². The normalized spacial score (nSPS) is 15.4. The van der Waals surface area contributed by atoms with Crippen LogP contribution >= 0.6 is 0 Å². The fourth-order valence-corrected chi connectivity index (χ4v) is 2.79. The van der Waals surface area contributed by atoms with E-state index in [0.717, 1.165) is 57.3 Å². The van der Waals surface area contributed by atoms with E-state index < -0.39 is 0 Å². The Bertz CT molecular complexity index is 672. The van der Waals surface area contributed by atoms with Gasteiger partial charge in [-0.3, -0.25) is 4.90 Å². The number of aromatic hydroxyl groups is 1. The number of phenolic OH excluding ortho intramolecular Hbond substituents is 1. The van der Waals surface area contributed by atoms with Gasteiger partial charge in [0.2, 0.25) is 0 Å². The number of hydrogen-bond acceptors (Lipinski definition) is 6. The number of aromatic nitrogens is 2. The van der Waals surface area contributed by atoms with E-state index in [2.05, 4.69) is 20.2 Å². The third kappa shape index (κ3) is 4.43. The van der Waals surface area contributed by atoms with Crippen molar-refractivity contribution in [2.75, 3.05) is 44.7 Å². The summed E-state index contributed by atoms with van der Waals surface area (Å²) in [5.74, 6) is 1.54. The van der Waals surface area contributed by atoms with E-state index in [1.807, 2.05) is 25.1 Å². The van der Waals surface area contributed by atoms with Crippen LogP contribution in [0.15, 0.2) is 30.3 Å². The van der Waals surface area contributed by atoms with Crippen LogP contribution in [-0.2, 0) is 4.74 Å². The molecule has 2 heterocycles. The lowest BCUT2D eigenvalue weighted by molar-refractivity contribution is 0.0378. The standard InChI is InChI=1S/C18H24N4O2/c1-14-13-17(19-7-4-8-22-9-11-24-12-10-22)21-18(20-14)15-5-2-3-6-16(15)23/h2-3,5-6,13,23H,4,7-12H2,1H3,(H,19,20,21). The first-order chi connectivity index (χ1) is 11.7. The van der Waals surface area contributed by atoms with Gasteiger partial charge in [0.15, 0.2) is 5.82 Å². The van der Waals surface area contributed by atoms with Gasteiger partial charge in [-0.1, -0.05) is 12.1 Å². The maximum absolute atomic E-state index is 9.99. The van der Waals surface area contributed by atoms with E-state index in [-0.39, 0.29) is 5.75 Å². The van der Waals surface area contributed by atoms with Crippen LogP contribution in [-0.4, -0.2) is 59.4 Å². The Morgan fingerprint density at radius 2 is 2.00 bits per heavy atom. The molecule has 128 valence electrons. The summed E-state index contributed by atoms with van der Waals surface area (Å²) in [4.78, 5) is 11.4. The summed E-state index contributed by atoms with van der Waals surface area (Å²) in [6, 6.07) is 9.07. The van der Waals surface area contributed by atoms with Crippen LogP contribution in [0, 0.1) is 6.92 Å². The second kappa shape index (κ2) is 8.08. The molecule has 24 heavy (non-hydrogen) atoms. The Morgan fingerprint density at radius 3 is 2.79 bits per heavy atom. The number of nitrogens with one attached hydrogen (secondary N) is 1. The van der Waals surface area contributed by atoms with Crippen LogP contribution in [0.4, 0.5) is 5.82 Å². The first-order valence-corrected chi connectivity index (χ1v) is 8.40. The molecule has 6 nitrogen and oxygen atoms in total. The topological polar surface area (TPSA) is 70.5 Å². The summed E-state index contributed by atoms with van der Waals surface area (Å²) in [6.45, 7) is 7.56. The maximum Gasteiger partial charge on any atom is 0.165 e. The number of aryl methyl sites for hydroxylation is 1. The zero-order valence-electron chi connectivity index (χ0n) is 14.0. The molecule has 1 aromatic carbocycles. The van der Waals surface area contributed by atoms with Gasteiger partial charge in [0.05, 0.1) is 18.8 Å². The largest absolute Gasteiger partial charge is 0.507 e. The van der Waals surface area contributed by atoms with Crippen LogP contribution < -0.4 is 5.32 Å². The lowest BCUT2D eigenvalue weighted by Crippen LogP contribution is -2.37. The fourth-order valence-electron chi connectivity index (χ4n) is 2.79. The second-order valence-electron chi connectivity index (χ2n) is 5.97. The molecule has 0 unspecified atom stereocenters. The second-order valence-corrected chi connectivity index (χ2v) is 5.97. The van der Waals surface area contributed by atoms with Gasteiger partial charge in [-0.25, -0.2) is 9.97 Å². The van der Waals surface area contributed by atoms with Gasteiger partial charge in [0, 0.05) is 31.4 Å². The molecule has 2 aromatic rings. The summed E-state index contributed by atoms with van der Waals surface area (Å²) in [6.07, 6.45) is 1.05. The molecular weight excluding hydrogens is 304 g/mol. The number of phenols is 1. The van der Waals surface area contributed by atoms with E-state index in [1.165, 1.54) is 0 Å². The predicted octanol–water partition coefficient (Wildman–Crippen LogP) is 2.29. The molecule has 0 aliphatic carbocycles. The van der Waals surface area contributed by atoms with Crippen LogP contribution in [0.1, 0.15) is 12.1 Å². The molecular formula is C18H24N4O2. The lowest BCUT2D eigenvalue weighted by Gasteiger charge is -2.26. The van der Waals surface area contributed by atoms with Crippen LogP contribution in [0.2, 0.25) is 0 Å². The Balaban J connectivity index is 1.59. The molecule has 0 bridgehead atoms. The average Bonchev–Trinajstić information content (AvgIpc) is 2.60. The number of morpholine rings is 1. The minimum Gasteiger partial charge on any atom is -0.507 e. The SMILES string of the molecule is Cc1cc(NCCCN2CCOCC2)nc(-c2ccccc2O)n1. The molecule has 0 atom stereocenters. The fraction of sp³-hybridized carbons (Fsp3) is 0.444. The van der Waals surface area contributed by atoms with Gasteiger partial charge < -0.3 is 15.2 Å². The monoisotopic (exact) mass is 328 g/mol. The van der Waals surface area contributed by atoms with Crippen LogP contribution in [0.3, 0.4) is 0 Å². The first kappa shape index (κ1) is 16.7. The zero-order valence-corrected chi connectivity index (χ0v) is 14.0. The van der Waals surface area contributed by atoms with Gasteiger partial charge in [-0.2, -0.15) is 0 Å². The van der Waals surface area contributed by atoms with Gasteiger partial charge >= 0.3 is 0 Å². The Kier molecular flexibility index (Phi) is 5.61. The Morgan fingerprint density at radius 1 is 1.21 bits per heavy atom. The van der Waals surface area contributed by atoms with Crippen molar-refractivity contribution in [3.63, 3.8) is 0 Å². The number of benzene rings is 1. The van der Waals surface area contributed by atoms with Crippen molar-refractivity contribution >= 4 is 5.82 Å². The van der Waals surface area contributed by atoms with E-state index >= 15 is 0 Å². The molecule has 0 saturated carbocycles. The number of hydrogen-bond donors (Lipinski definition) is 2. The number of para-hydroxylation sites is 1. The molecule has 1 aliphatic rings. The molecule has 0 spiro atoms. The molecule has 3 rings (SSSR count). The minimum absolute atomic E-state index is 0.196. The molecule has 6 heteroatoms. The van der Waals surface area contributed by atoms with Crippen molar-refractivity contribution < 1.29 is 9.84 Å². The molecule has 1 fully saturated rings. The lowest BCUT2D eigenvalue weighted by atomic mass is 10.2. The molecule has 1 aliphatic heterocycles. The average molecular weight is 328 g/mol. The van der Waals surface area contributed by atoms with Crippen molar-refractivity contribution in [2.24, 2.45) is 0 Å². The van der Waals surface area contributed by atoms with Crippen LogP contribution in [0.5, 0.6) is 5.75 Å². The summed E-state index contributed by atoms with van der Waals surface area (Å²) in [5.41, 5.74) is 1.52. The number of nitrogens with zero attached hydrogens (tertiary/aromatic N) is 3. The van der Waals surface area contributed by atoms with E-state index in [9.17, 15) is 5.11 Å². The third-order valence-corrected chi connectivity index (χ3v) is 4.06. The number of anilines is 1. The van der Waals surface area contributed by atoms with Gasteiger partial charge in [-0.15, -0.1) is 0 Å². The van der Waals surface area contributed by atoms with E-state index in [0.29, 0.717) is 11.4 Å². The highest BCUT2D eigenvalue weighted by molar-refractivity contribution is 5.64. The van der Waals surface area contributed by atoms with Crippen molar-refractivity contribution in [1.82, 2.24) is 14.9 Å². The molecule has 1 aromatic heterocycles. The highest BCUT2D eigenvalue weighted by Crippen LogP contribution is 2.26.